The monoisotopic (exact) mass is 662 g/mol. The summed E-state index contributed by atoms with van der Waals surface area (Å²) in [4.78, 5) is 0. The topological polar surface area (TPSA) is 155 Å². The van der Waals surface area contributed by atoms with Gasteiger partial charge in [-0.3, -0.25) is 0 Å². The van der Waals surface area contributed by atoms with Gasteiger partial charge in [-0.1, -0.05) is 12.1 Å². The van der Waals surface area contributed by atoms with E-state index in [0.29, 0.717) is 84.8 Å². The molecule has 0 saturated carbocycles. The molecule has 0 amide bonds. The third-order valence-electron chi connectivity index (χ3n) is 8.89. The van der Waals surface area contributed by atoms with Crippen LogP contribution in [0, 0.1) is 0 Å². The van der Waals surface area contributed by atoms with Gasteiger partial charge >= 0.3 is 0 Å². The van der Waals surface area contributed by atoms with E-state index in [9.17, 15) is 20.4 Å². The van der Waals surface area contributed by atoms with Crippen LogP contribution in [0.25, 0.3) is 0 Å². The lowest BCUT2D eigenvalue weighted by atomic mass is 9.80. The van der Waals surface area contributed by atoms with Crippen LogP contribution in [0.2, 0.25) is 0 Å². The SMILES string of the molecule is COc1cc2c(cc1OC)C(O)c1cc(OCCOc3ccc4c(c3OC)C(O)c3c(ccc(OC)c3OC)[C@H]4O)c(OC)cc1C2O. The van der Waals surface area contributed by atoms with Crippen LogP contribution in [0.4, 0.5) is 0 Å². The summed E-state index contributed by atoms with van der Waals surface area (Å²) in [6.07, 6.45) is -4.38. The van der Waals surface area contributed by atoms with E-state index in [1.807, 2.05) is 0 Å². The highest BCUT2D eigenvalue weighted by Crippen LogP contribution is 2.53. The molecular weight excluding hydrogens is 624 g/mol. The molecule has 48 heavy (non-hydrogen) atoms. The Labute approximate surface area is 277 Å². The molecular formula is C36H38O12. The Balaban J connectivity index is 1.23. The Morgan fingerprint density at radius 2 is 0.750 bits per heavy atom. The fourth-order valence-corrected chi connectivity index (χ4v) is 6.60. The largest absolute Gasteiger partial charge is 0.493 e. The smallest absolute Gasteiger partial charge is 0.167 e. The molecule has 0 fully saturated rings. The molecule has 0 aliphatic heterocycles. The molecule has 0 spiro atoms. The standard InChI is InChI=1S/C36H38O12/c1-41-23-9-7-17-29(35(23)45-5)34(40)30-18(31(17)37)8-10-24(36(30)46-6)47-11-12-48-28-16-22-21(15-27(28)44-4)32(38)19-13-25(42-2)26(43-3)14-20(19)33(22)39/h7-10,13-16,31-34,37-40H,11-12H2,1-6H3/t31-,32?,33?,34?/m1/s1. The lowest BCUT2D eigenvalue weighted by Gasteiger charge is -2.32. The van der Waals surface area contributed by atoms with Gasteiger partial charge in [-0.2, -0.15) is 0 Å². The maximum absolute atomic E-state index is 11.6. The first kappa shape index (κ1) is 33.0. The zero-order valence-corrected chi connectivity index (χ0v) is 27.4. The van der Waals surface area contributed by atoms with Crippen LogP contribution in [0.3, 0.4) is 0 Å². The zero-order valence-electron chi connectivity index (χ0n) is 27.4. The van der Waals surface area contributed by atoms with Crippen LogP contribution in [-0.4, -0.2) is 76.3 Å². The number of benzene rings is 4. The molecule has 0 heterocycles. The number of methoxy groups -OCH3 is 6. The van der Waals surface area contributed by atoms with Crippen molar-refractivity contribution in [1.29, 1.82) is 0 Å². The van der Waals surface area contributed by atoms with Gasteiger partial charge in [-0.15, -0.1) is 0 Å². The first-order valence-electron chi connectivity index (χ1n) is 15.1. The quantitative estimate of drug-likeness (QED) is 0.171. The summed E-state index contributed by atoms with van der Waals surface area (Å²) in [5.41, 5.74) is 3.60. The maximum atomic E-state index is 11.6. The van der Waals surface area contributed by atoms with E-state index in [1.54, 1.807) is 48.5 Å². The molecule has 0 saturated heterocycles. The van der Waals surface area contributed by atoms with Crippen molar-refractivity contribution in [2.24, 2.45) is 0 Å². The van der Waals surface area contributed by atoms with Crippen molar-refractivity contribution in [3.63, 3.8) is 0 Å². The third kappa shape index (κ3) is 5.27. The maximum Gasteiger partial charge on any atom is 0.167 e. The molecule has 4 atom stereocenters. The molecule has 12 nitrogen and oxygen atoms in total. The van der Waals surface area contributed by atoms with Gasteiger partial charge in [0.05, 0.1) is 42.7 Å². The Morgan fingerprint density at radius 3 is 1.19 bits per heavy atom. The van der Waals surface area contributed by atoms with Crippen molar-refractivity contribution in [2.45, 2.75) is 24.4 Å². The van der Waals surface area contributed by atoms with Gasteiger partial charge in [0.2, 0.25) is 0 Å². The highest BCUT2D eigenvalue weighted by atomic mass is 16.6. The van der Waals surface area contributed by atoms with E-state index in [0.717, 1.165) is 0 Å². The summed E-state index contributed by atoms with van der Waals surface area (Å²) in [6.45, 7) is 0.126. The second-order valence-electron chi connectivity index (χ2n) is 11.2. The molecule has 4 aromatic carbocycles. The summed E-state index contributed by atoms with van der Waals surface area (Å²) in [7, 11) is 8.91. The Kier molecular flexibility index (Phi) is 9.17. The minimum atomic E-state index is -1.20. The molecule has 0 bridgehead atoms. The van der Waals surface area contributed by atoms with Gasteiger partial charge in [0, 0.05) is 11.1 Å². The van der Waals surface area contributed by atoms with Crippen molar-refractivity contribution in [1.82, 2.24) is 0 Å². The number of aliphatic hydroxyl groups excluding tert-OH is 4. The molecule has 4 N–H and O–H groups in total. The summed E-state index contributed by atoms with van der Waals surface area (Å²) in [5.74, 6) is 2.86. The molecule has 12 heteroatoms. The van der Waals surface area contributed by atoms with Crippen molar-refractivity contribution in [2.75, 3.05) is 55.9 Å². The normalized spacial score (nSPS) is 18.8. The lowest BCUT2D eigenvalue weighted by molar-refractivity contribution is 0.162. The van der Waals surface area contributed by atoms with Crippen LogP contribution in [0.15, 0.2) is 48.5 Å². The fraction of sp³-hybridized carbons (Fsp3) is 0.333. The minimum absolute atomic E-state index is 0.0623. The average molecular weight is 663 g/mol. The van der Waals surface area contributed by atoms with Crippen LogP contribution in [-0.2, 0) is 0 Å². The predicted molar refractivity (Wildman–Crippen MR) is 172 cm³/mol. The first-order chi connectivity index (χ1) is 23.2. The van der Waals surface area contributed by atoms with E-state index in [4.69, 9.17) is 37.9 Å². The van der Waals surface area contributed by atoms with Gasteiger partial charge in [0.1, 0.15) is 37.6 Å². The fourth-order valence-electron chi connectivity index (χ4n) is 6.60. The summed E-state index contributed by atoms with van der Waals surface area (Å²) >= 11 is 0. The number of fused-ring (bicyclic) bond motifs is 4. The van der Waals surface area contributed by atoms with Crippen molar-refractivity contribution >= 4 is 0 Å². The number of rotatable bonds is 11. The first-order valence-corrected chi connectivity index (χ1v) is 15.1. The van der Waals surface area contributed by atoms with Crippen molar-refractivity contribution in [3.8, 4) is 46.0 Å². The van der Waals surface area contributed by atoms with Crippen molar-refractivity contribution in [3.05, 3.63) is 93.0 Å². The van der Waals surface area contributed by atoms with Crippen molar-refractivity contribution < 1.29 is 58.3 Å². The second-order valence-corrected chi connectivity index (χ2v) is 11.2. The number of hydrogen-bond acceptors (Lipinski definition) is 12. The molecule has 0 aromatic heterocycles. The van der Waals surface area contributed by atoms with Gasteiger partial charge in [-0.25, -0.2) is 0 Å². The predicted octanol–water partition coefficient (Wildman–Crippen LogP) is 4.15. The van der Waals surface area contributed by atoms with Gasteiger partial charge < -0.3 is 58.3 Å². The summed E-state index contributed by atoms with van der Waals surface area (Å²) in [6, 6.07) is 13.3. The molecule has 0 radical (unpaired) electrons. The third-order valence-corrected chi connectivity index (χ3v) is 8.89. The lowest BCUT2D eigenvalue weighted by Crippen LogP contribution is -2.21. The number of aliphatic hydroxyl groups is 4. The molecule has 4 aromatic rings. The van der Waals surface area contributed by atoms with E-state index in [2.05, 4.69) is 0 Å². The average Bonchev–Trinajstić information content (AvgIpc) is 3.12. The van der Waals surface area contributed by atoms with Crippen LogP contribution in [0.5, 0.6) is 46.0 Å². The summed E-state index contributed by atoms with van der Waals surface area (Å²) < 4.78 is 45.2. The van der Waals surface area contributed by atoms with E-state index >= 15 is 0 Å². The van der Waals surface area contributed by atoms with Gasteiger partial charge in [0.15, 0.2) is 46.0 Å². The van der Waals surface area contributed by atoms with Crippen LogP contribution in [0.1, 0.15) is 68.9 Å². The molecule has 3 unspecified atom stereocenters. The van der Waals surface area contributed by atoms with Crippen LogP contribution >= 0.6 is 0 Å². The Morgan fingerprint density at radius 1 is 0.396 bits per heavy atom. The molecule has 6 rings (SSSR count). The minimum Gasteiger partial charge on any atom is -0.493 e. The van der Waals surface area contributed by atoms with E-state index in [-0.39, 0.29) is 19.0 Å². The Hall–Kier alpha value is -4.88. The Bertz CT molecular complexity index is 1840. The number of hydrogen-bond donors (Lipinski definition) is 4. The molecule has 254 valence electrons. The molecule has 2 aliphatic rings. The zero-order chi connectivity index (χ0) is 34.3. The summed E-state index contributed by atoms with van der Waals surface area (Å²) in [5, 5.41) is 45.4. The highest BCUT2D eigenvalue weighted by Gasteiger charge is 2.38. The molecule has 2 aliphatic carbocycles. The van der Waals surface area contributed by atoms with E-state index in [1.165, 1.54) is 42.7 Å². The van der Waals surface area contributed by atoms with Gasteiger partial charge in [0.25, 0.3) is 0 Å². The van der Waals surface area contributed by atoms with Gasteiger partial charge in [-0.05, 0) is 69.8 Å². The second kappa shape index (κ2) is 13.3. The van der Waals surface area contributed by atoms with E-state index < -0.39 is 24.4 Å². The number of ether oxygens (including phenoxy) is 8. The highest BCUT2D eigenvalue weighted by molar-refractivity contribution is 5.65. The van der Waals surface area contributed by atoms with Crippen LogP contribution < -0.4 is 37.9 Å².